The van der Waals surface area contributed by atoms with Crippen molar-refractivity contribution in [3.63, 3.8) is 0 Å². The lowest BCUT2D eigenvalue weighted by Crippen LogP contribution is -2.30. The van der Waals surface area contributed by atoms with Gasteiger partial charge in [-0.25, -0.2) is 5.14 Å². The van der Waals surface area contributed by atoms with Crippen LogP contribution in [0.2, 0.25) is 0 Å². The monoisotopic (exact) mass is 343 g/mol. The lowest BCUT2D eigenvalue weighted by molar-refractivity contribution is 0.111. The number of nitrogens with one attached hydrogen (secondary N) is 1. The molecule has 1 aromatic carbocycles. The minimum atomic E-state index is -3.77. The van der Waals surface area contributed by atoms with E-state index in [-0.39, 0.29) is 0 Å². The molecule has 0 heterocycles. The van der Waals surface area contributed by atoms with Crippen LogP contribution in [0.4, 0.5) is 5.69 Å². The van der Waals surface area contributed by atoms with Crippen LogP contribution >= 0.6 is 0 Å². The van der Waals surface area contributed by atoms with Gasteiger partial charge in [0.1, 0.15) is 0 Å². The van der Waals surface area contributed by atoms with E-state index in [0.29, 0.717) is 12.2 Å². The zero-order chi connectivity index (χ0) is 17.3. The van der Waals surface area contributed by atoms with E-state index in [9.17, 15) is 13.5 Å². The number of nitrogens with two attached hydrogens (primary N) is 1. The summed E-state index contributed by atoms with van der Waals surface area (Å²) < 4.78 is 24.2. The van der Waals surface area contributed by atoms with Gasteiger partial charge in [-0.2, -0.15) is 8.42 Å². The Labute approximate surface area is 139 Å². The number of anilines is 1. The topological polar surface area (TPSA) is 95.7 Å². The molecular weight excluding hydrogens is 314 g/mol. The highest BCUT2D eigenvalue weighted by Crippen LogP contribution is 2.18. The second-order valence-electron chi connectivity index (χ2n) is 5.79. The smallest absolute Gasteiger partial charge is 0.296 e. The molecule has 1 rings (SSSR count). The molecule has 132 valence electrons. The molecule has 7 heteroatoms. The first-order valence-corrected chi connectivity index (χ1v) is 9.71. The molecule has 0 spiro atoms. The summed E-state index contributed by atoms with van der Waals surface area (Å²) >= 11 is 0. The lowest BCUT2D eigenvalue weighted by Gasteiger charge is -2.25. The van der Waals surface area contributed by atoms with Gasteiger partial charge in [0.15, 0.2) is 0 Å². The zero-order valence-corrected chi connectivity index (χ0v) is 14.8. The van der Waals surface area contributed by atoms with Crippen LogP contribution in [0.25, 0.3) is 0 Å². The SMILES string of the molecule is CCCCN(CCCC)CC(O)c1ccc(NS(N)(=O)=O)cc1. The third-order valence-electron chi connectivity index (χ3n) is 3.64. The van der Waals surface area contributed by atoms with Crippen molar-refractivity contribution in [2.75, 3.05) is 24.4 Å². The van der Waals surface area contributed by atoms with Crippen LogP contribution in [0.3, 0.4) is 0 Å². The van der Waals surface area contributed by atoms with Gasteiger partial charge >= 0.3 is 0 Å². The minimum absolute atomic E-state index is 0.386. The maximum Gasteiger partial charge on any atom is 0.296 e. The van der Waals surface area contributed by atoms with Crippen molar-refractivity contribution in [3.05, 3.63) is 29.8 Å². The maximum absolute atomic E-state index is 11.0. The summed E-state index contributed by atoms with van der Waals surface area (Å²) in [6.07, 6.45) is 3.91. The van der Waals surface area contributed by atoms with Gasteiger partial charge < -0.3 is 10.0 Å². The minimum Gasteiger partial charge on any atom is -0.387 e. The standard InChI is InChI=1S/C16H29N3O3S/c1-3-5-11-19(12-6-4-2)13-16(20)14-7-9-15(10-8-14)18-23(17,21)22/h7-10,16,18,20H,3-6,11-13H2,1-2H3,(H2,17,21,22). The van der Waals surface area contributed by atoms with Crippen LogP contribution in [0.5, 0.6) is 0 Å². The highest BCUT2D eigenvalue weighted by molar-refractivity contribution is 7.90. The molecule has 6 nitrogen and oxygen atoms in total. The van der Waals surface area contributed by atoms with Crippen molar-refractivity contribution in [1.82, 2.24) is 4.90 Å². The maximum atomic E-state index is 11.0. The highest BCUT2D eigenvalue weighted by atomic mass is 32.2. The van der Waals surface area contributed by atoms with E-state index >= 15 is 0 Å². The molecule has 0 bridgehead atoms. The van der Waals surface area contributed by atoms with Crippen LogP contribution in [0.15, 0.2) is 24.3 Å². The number of hydrogen-bond acceptors (Lipinski definition) is 4. The quantitative estimate of drug-likeness (QED) is 0.574. The summed E-state index contributed by atoms with van der Waals surface area (Å²) in [5, 5.41) is 15.3. The first-order valence-electron chi connectivity index (χ1n) is 8.16. The summed E-state index contributed by atoms with van der Waals surface area (Å²) in [7, 11) is -3.77. The van der Waals surface area contributed by atoms with Gasteiger partial charge in [-0.15, -0.1) is 0 Å². The third-order valence-corrected chi connectivity index (χ3v) is 4.16. The van der Waals surface area contributed by atoms with Crippen molar-refractivity contribution < 1.29 is 13.5 Å². The molecular formula is C16H29N3O3S. The predicted molar refractivity (Wildman–Crippen MR) is 94.4 cm³/mol. The molecule has 1 atom stereocenters. The molecule has 0 aliphatic rings. The summed E-state index contributed by atoms with van der Waals surface area (Å²) in [6, 6.07) is 6.64. The Bertz CT molecular complexity index is 538. The van der Waals surface area contributed by atoms with E-state index in [1.165, 1.54) is 0 Å². The second-order valence-corrected chi connectivity index (χ2v) is 7.09. The average molecular weight is 343 g/mol. The van der Waals surface area contributed by atoms with Gasteiger partial charge in [0, 0.05) is 12.2 Å². The molecule has 23 heavy (non-hydrogen) atoms. The van der Waals surface area contributed by atoms with Crippen molar-refractivity contribution in [1.29, 1.82) is 0 Å². The third kappa shape index (κ3) is 8.31. The van der Waals surface area contributed by atoms with Crippen molar-refractivity contribution in [2.24, 2.45) is 5.14 Å². The van der Waals surface area contributed by atoms with Gasteiger partial charge in [-0.05, 0) is 43.6 Å². The largest absolute Gasteiger partial charge is 0.387 e. The molecule has 0 aliphatic carbocycles. The number of aliphatic hydroxyl groups excluding tert-OH is 1. The van der Waals surface area contributed by atoms with E-state index < -0.39 is 16.3 Å². The zero-order valence-electron chi connectivity index (χ0n) is 14.0. The number of nitrogens with zero attached hydrogens (tertiary/aromatic N) is 1. The van der Waals surface area contributed by atoms with Gasteiger partial charge in [0.2, 0.25) is 0 Å². The fraction of sp³-hybridized carbons (Fsp3) is 0.625. The average Bonchev–Trinajstić information content (AvgIpc) is 2.49. The Kier molecular flexibility index (Phi) is 8.54. The van der Waals surface area contributed by atoms with E-state index in [4.69, 9.17) is 5.14 Å². The van der Waals surface area contributed by atoms with E-state index in [0.717, 1.165) is 44.3 Å². The molecule has 1 unspecified atom stereocenters. The van der Waals surface area contributed by atoms with Gasteiger partial charge in [0.25, 0.3) is 10.2 Å². The van der Waals surface area contributed by atoms with Crippen LogP contribution < -0.4 is 9.86 Å². The second kappa shape index (κ2) is 9.87. The Hall–Kier alpha value is -1.15. The molecule has 0 aliphatic heterocycles. The Morgan fingerprint density at radius 3 is 2.09 bits per heavy atom. The van der Waals surface area contributed by atoms with E-state index in [2.05, 4.69) is 23.5 Å². The molecule has 0 fully saturated rings. The molecule has 0 aromatic heterocycles. The summed E-state index contributed by atoms with van der Waals surface area (Å²) in [5.74, 6) is 0. The molecule has 4 N–H and O–H groups in total. The Morgan fingerprint density at radius 2 is 1.65 bits per heavy atom. The van der Waals surface area contributed by atoms with Gasteiger partial charge in [-0.3, -0.25) is 4.72 Å². The highest BCUT2D eigenvalue weighted by Gasteiger charge is 2.13. The lowest BCUT2D eigenvalue weighted by atomic mass is 10.1. The summed E-state index contributed by atoms with van der Waals surface area (Å²) in [6.45, 7) is 6.87. The number of hydrogen-bond donors (Lipinski definition) is 3. The molecule has 1 aromatic rings. The van der Waals surface area contributed by atoms with Crippen LogP contribution in [0.1, 0.15) is 51.2 Å². The first kappa shape index (κ1) is 19.9. The first-order chi connectivity index (χ1) is 10.9. The fourth-order valence-corrected chi connectivity index (χ4v) is 2.81. The van der Waals surface area contributed by atoms with E-state index in [1.807, 2.05) is 0 Å². The summed E-state index contributed by atoms with van der Waals surface area (Å²) in [4.78, 5) is 2.29. The van der Waals surface area contributed by atoms with E-state index in [1.54, 1.807) is 24.3 Å². The van der Waals surface area contributed by atoms with Crippen LogP contribution in [-0.2, 0) is 10.2 Å². The molecule has 0 saturated heterocycles. The molecule has 0 radical (unpaired) electrons. The molecule has 0 amide bonds. The molecule has 0 saturated carbocycles. The Morgan fingerprint density at radius 1 is 1.13 bits per heavy atom. The van der Waals surface area contributed by atoms with Crippen LogP contribution in [0, 0.1) is 0 Å². The Balaban J connectivity index is 2.65. The summed E-state index contributed by atoms with van der Waals surface area (Å²) in [5.41, 5.74) is 1.15. The van der Waals surface area contributed by atoms with Gasteiger partial charge in [-0.1, -0.05) is 38.8 Å². The number of benzene rings is 1. The number of aliphatic hydroxyl groups is 1. The van der Waals surface area contributed by atoms with Crippen molar-refractivity contribution >= 4 is 15.9 Å². The number of rotatable bonds is 11. The van der Waals surface area contributed by atoms with Crippen LogP contribution in [-0.4, -0.2) is 38.1 Å². The normalized spacial score (nSPS) is 13.3. The van der Waals surface area contributed by atoms with Crippen molar-refractivity contribution in [2.45, 2.75) is 45.6 Å². The van der Waals surface area contributed by atoms with Crippen molar-refractivity contribution in [3.8, 4) is 0 Å². The number of unbranched alkanes of at least 4 members (excludes halogenated alkanes) is 2. The fourth-order valence-electron chi connectivity index (χ4n) is 2.35. The van der Waals surface area contributed by atoms with Gasteiger partial charge in [0.05, 0.1) is 6.10 Å². The predicted octanol–water partition coefficient (Wildman–Crippen LogP) is 2.24.